The zero-order chi connectivity index (χ0) is 81.4. The number of carbonyl (C=O) groups is 13. The van der Waals surface area contributed by atoms with Gasteiger partial charge in [0, 0.05) is 43.0 Å². The third kappa shape index (κ3) is 32.8. The maximum atomic E-state index is 14.9. The molecule has 0 aliphatic carbocycles. The van der Waals surface area contributed by atoms with Crippen molar-refractivity contribution in [2.45, 2.75) is 224 Å². The summed E-state index contributed by atoms with van der Waals surface area (Å²) in [6.45, 7) is 10.5. The Bertz CT molecular complexity index is 3530. The number of hydrogen-bond acceptors (Lipinski definition) is 19. The first-order chi connectivity index (χ1) is 51.7. The van der Waals surface area contributed by atoms with Gasteiger partial charge in [0.2, 0.25) is 70.9 Å². The van der Waals surface area contributed by atoms with E-state index in [1.807, 2.05) is 24.3 Å². The third-order valence-corrected chi connectivity index (χ3v) is 18.4. The molecule has 3 rings (SSSR count). The number of carboxylic acids is 1. The number of guanidine groups is 2. The van der Waals surface area contributed by atoms with Gasteiger partial charge >= 0.3 is 5.97 Å². The Morgan fingerprint density at radius 3 is 1.28 bits per heavy atom. The molecule has 37 nitrogen and oxygen atoms in total. The summed E-state index contributed by atoms with van der Waals surface area (Å²) in [4.78, 5) is 192. The summed E-state index contributed by atoms with van der Waals surface area (Å²) < 4.78 is 0. The Balaban J connectivity index is 2.00. The smallest absolute Gasteiger partial charge is 0.325 e. The lowest BCUT2D eigenvalue weighted by molar-refractivity contribution is -0.142. The number of aliphatic hydroxyl groups is 1. The highest BCUT2D eigenvalue weighted by molar-refractivity contribution is 6.00. The lowest BCUT2D eigenvalue weighted by Crippen LogP contribution is -2.62. The second kappa shape index (κ2) is 48.7. The molecule has 0 unspecified atom stereocenters. The first-order valence-electron chi connectivity index (χ1n) is 37.0. The molecular formula is C72H118N22O15. The first kappa shape index (κ1) is 92.7. The van der Waals surface area contributed by atoms with Crippen molar-refractivity contribution in [2.24, 2.45) is 73.6 Å². The first-order valence-corrected chi connectivity index (χ1v) is 37.0. The molecule has 3 aromatic rings. The van der Waals surface area contributed by atoms with E-state index in [1.165, 1.54) is 6.92 Å². The van der Waals surface area contributed by atoms with Crippen LogP contribution in [0.1, 0.15) is 149 Å². The van der Waals surface area contributed by atoms with Crippen molar-refractivity contribution in [3.63, 3.8) is 0 Å². The second-order valence-electron chi connectivity index (χ2n) is 27.5. The number of primary amides is 1. The van der Waals surface area contributed by atoms with Crippen LogP contribution in [-0.2, 0) is 75.2 Å². The van der Waals surface area contributed by atoms with Gasteiger partial charge < -0.3 is 120 Å². The molecule has 37 heteroatoms. The summed E-state index contributed by atoms with van der Waals surface area (Å²) in [7, 11) is 0. The highest BCUT2D eigenvalue weighted by atomic mass is 16.4. The Morgan fingerprint density at radius 1 is 0.440 bits per heavy atom. The van der Waals surface area contributed by atoms with Crippen molar-refractivity contribution in [2.75, 3.05) is 32.8 Å². The Labute approximate surface area is 635 Å². The van der Waals surface area contributed by atoms with Crippen molar-refractivity contribution in [1.82, 2.24) is 63.5 Å². The van der Waals surface area contributed by atoms with Gasteiger partial charge in [0.15, 0.2) is 11.9 Å². The van der Waals surface area contributed by atoms with Gasteiger partial charge in [0.1, 0.15) is 66.5 Å². The van der Waals surface area contributed by atoms with Crippen LogP contribution < -0.4 is 104 Å². The van der Waals surface area contributed by atoms with E-state index in [4.69, 9.17) is 45.9 Å². The number of nitrogens with zero attached hydrogens (tertiary/aromatic N) is 2. The van der Waals surface area contributed by atoms with E-state index in [0.717, 1.165) is 16.5 Å². The number of unbranched alkanes of at least 4 members (excludes halogenated alkanes) is 2. The Hall–Kier alpha value is -10.5. The highest BCUT2D eigenvalue weighted by Crippen LogP contribution is 2.20. The fraction of sp³-hybridized carbons (Fsp3) is 0.597. The maximum absolute atomic E-state index is 14.9. The van der Waals surface area contributed by atoms with Crippen molar-refractivity contribution >= 4 is 99.7 Å². The molecule has 2 aromatic carbocycles. The van der Waals surface area contributed by atoms with Crippen LogP contribution in [0, 0.1) is 17.8 Å². The summed E-state index contributed by atoms with van der Waals surface area (Å²) in [5.41, 5.74) is 48.3. The molecule has 12 amide bonds. The van der Waals surface area contributed by atoms with Crippen LogP contribution in [-0.4, -0.2) is 209 Å². The van der Waals surface area contributed by atoms with Crippen LogP contribution >= 0.6 is 0 Å². The predicted molar refractivity (Wildman–Crippen MR) is 410 cm³/mol. The zero-order valence-electron chi connectivity index (χ0n) is 63.5. The van der Waals surface area contributed by atoms with Crippen molar-refractivity contribution < 1.29 is 72.5 Å². The molecular weight excluding hydrogens is 1410 g/mol. The van der Waals surface area contributed by atoms with E-state index < -0.39 is 187 Å². The zero-order valence-corrected chi connectivity index (χ0v) is 63.5. The van der Waals surface area contributed by atoms with Crippen LogP contribution in [0.5, 0.6) is 0 Å². The second-order valence-corrected chi connectivity index (χ2v) is 27.5. The van der Waals surface area contributed by atoms with Crippen molar-refractivity contribution in [3.05, 3.63) is 71.9 Å². The molecule has 0 fully saturated rings. The molecule has 0 saturated carbocycles. The SMILES string of the molecule is CC[C@H](C)[C@H](NC(=O)[C@H](CCC(N)=O)NC(=O)[C@H](CO)NC(=O)[C@@H](NC(=O)[C@H](Cc1ccccc1)NC(=O)[C@H](CCCN=C(N)N)NC(=O)[C@H](CCCN=C(N)N)NC(=O)[C@@H](NC(=O)[C@H](CCCCN)NC(=O)[C@H](CCCCN)NC(=O)[C@@H](N)Cc1c[nH]c2ccccc12)[C@@H](C)CC)C(C)C)C(=O)N[C@@H](C)C(=O)O. The van der Waals surface area contributed by atoms with Gasteiger partial charge in [-0.3, -0.25) is 72.3 Å². The van der Waals surface area contributed by atoms with Crippen LogP contribution in [0.2, 0.25) is 0 Å². The Morgan fingerprint density at radius 2 is 0.826 bits per heavy atom. The monoisotopic (exact) mass is 1530 g/mol. The standard InChI is InChI=1S/C72H118N22O15/c1-8-40(5)57(68(106)84-42(7)70(108)109)93-64(102)52(29-30-55(76)96)88-66(104)54(38-95)91-67(105)56(39(3)4)92-65(103)53(35-43-21-11-10-12-22-43)90-62(100)50(27-19-33-81-71(77)78)87-61(99)51(28-20-34-82-72(79)80)89-69(107)58(41(6)9-2)94-63(101)49(26-16-18-32-74)86-60(98)48(25-15-17-31-73)85-59(97)46(75)36-44-37-83-47-24-14-13-23-45(44)47/h10-14,21-24,37,39-42,46,48-54,56-58,83,95H,8-9,15-20,25-36,38,73-75H2,1-7H3,(H2,76,96)(H,84,106)(H,85,97)(H,86,98)(H,87,99)(H,88,104)(H,89,107)(H,90,100)(H,91,105)(H,92,103)(H,93,102)(H,94,101)(H,108,109)(H4,77,78,81)(H4,79,80,82)/t40-,41-,42-,46-,48-,49-,50-,51-,52-,53-,54-,56-,57-,58-/m0/s1. The summed E-state index contributed by atoms with van der Waals surface area (Å²) in [5.74, 6) is -14.5. The van der Waals surface area contributed by atoms with Crippen LogP contribution in [0.4, 0.5) is 0 Å². The van der Waals surface area contributed by atoms with Crippen LogP contribution in [0.15, 0.2) is 70.8 Å². The highest BCUT2D eigenvalue weighted by Gasteiger charge is 2.39. The van der Waals surface area contributed by atoms with Gasteiger partial charge in [-0.25, -0.2) is 0 Å². The van der Waals surface area contributed by atoms with Gasteiger partial charge in [0.25, 0.3) is 0 Å². The van der Waals surface area contributed by atoms with Crippen molar-refractivity contribution in [1.29, 1.82) is 0 Å². The molecule has 1 aromatic heterocycles. The van der Waals surface area contributed by atoms with Gasteiger partial charge in [-0.15, -0.1) is 0 Å². The number of carbonyl (C=O) groups excluding carboxylic acids is 12. The lowest BCUT2D eigenvalue weighted by Gasteiger charge is -2.30. The molecule has 30 N–H and O–H groups in total. The van der Waals surface area contributed by atoms with E-state index >= 15 is 0 Å². The molecule has 14 atom stereocenters. The summed E-state index contributed by atoms with van der Waals surface area (Å²) in [6, 6.07) is -1.13. The minimum Gasteiger partial charge on any atom is -0.480 e. The van der Waals surface area contributed by atoms with E-state index in [-0.39, 0.29) is 82.9 Å². The molecule has 0 spiro atoms. The lowest BCUT2D eigenvalue weighted by atomic mass is 9.96. The maximum Gasteiger partial charge on any atom is 0.325 e. The number of nitrogens with one attached hydrogen (secondary N) is 12. The number of aliphatic imine (C=N–C) groups is 2. The fourth-order valence-electron chi connectivity index (χ4n) is 11.5. The van der Waals surface area contributed by atoms with Crippen LogP contribution in [0.25, 0.3) is 10.9 Å². The minimum absolute atomic E-state index is 0.0261. The number of aliphatic hydroxyl groups excluding tert-OH is 1. The number of benzene rings is 2. The summed E-state index contributed by atoms with van der Waals surface area (Å²) >= 11 is 0. The number of para-hydroxylation sites is 1. The average Bonchev–Trinajstić information content (AvgIpc) is 1.74. The number of nitrogens with two attached hydrogens (primary N) is 8. The number of H-pyrrole nitrogens is 1. The fourth-order valence-corrected chi connectivity index (χ4v) is 11.5. The number of aliphatic carboxylic acids is 1. The Kier molecular flexibility index (Phi) is 41.4. The predicted octanol–water partition coefficient (Wildman–Crippen LogP) is -3.91. The summed E-state index contributed by atoms with van der Waals surface area (Å²) in [6.07, 6.45) is 3.17. The number of fused-ring (bicyclic) bond motifs is 1. The molecule has 0 saturated heterocycles. The van der Waals surface area contributed by atoms with Gasteiger partial charge in [-0.05, 0) is 132 Å². The van der Waals surface area contributed by atoms with Gasteiger partial charge in [-0.1, -0.05) is 103 Å². The molecule has 606 valence electrons. The molecule has 0 radical (unpaired) electrons. The molecule has 0 aliphatic rings. The van der Waals surface area contributed by atoms with E-state index in [1.54, 1.807) is 78.1 Å². The van der Waals surface area contributed by atoms with Gasteiger partial charge in [-0.2, -0.15) is 0 Å². The number of amides is 12. The molecule has 0 bridgehead atoms. The van der Waals surface area contributed by atoms with Crippen LogP contribution in [0.3, 0.4) is 0 Å². The normalized spacial score (nSPS) is 15.0. The van der Waals surface area contributed by atoms with E-state index in [2.05, 4.69) is 73.5 Å². The summed E-state index contributed by atoms with van der Waals surface area (Å²) in [5, 5.41) is 49.6. The van der Waals surface area contributed by atoms with Gasteiger partial charge in [0.05, 0.1) is 12.6 Å². The minimum atomic E-state index is -1.82. The number of carboxylic acid groups (broad SMARTS) is 1. The number of aromatic amines is 1. The molecule has 1 heterocycles. The molecule has 109 heavy (non-hydrogen) atoms. The molecule has 0 aliphatic heterocycles. The van der Waals surface area contributed by atoms with Crippen molar-refractivity contribution in [3.8, 4) is 0 Å². The third-order valence-electron chi connectivity index (χ3n) is 18.4. The largest absolute Gasteiger partial charge is 0.480 e. The average molecular weight is 1530 g/mol. The topological polar surface area (TPSA) is 643 Å². The van der Waals surface area contributed by atoms with E-state index in [0.29, 0.717) is 50.6 Å². The number of rotatable bonds is 52. The quantitative estimate of drug-likeness (QED) is 0.0146. The number of hydrogen-bond donors (Lipinski definition) is 22. The van der Waals surface area contributed by atoms with E-state index in [9.17, 15) is 72.5 Å². The number of aromatic nitrogens is 1.